The Labute approximate surface area is 91.9 Å². The van der Waals surface area contributed by atoms with E-state index in [0.29, 0.717) is 6.54 Å². The van der Waals surface area contributed by atoms with Crippen molar-refractivity contribution in [3.05, 3.63) is 34.1 Å². The molecule has 3 nitrogen and oxygen atoms in total. The molecule has 0 bridgehead atoms. The first-order valence-electron chi connectivity index (χ1n) is 4.82. The third kappa shape index (κ3) is 1.96. The van der Waals surface area contributed by atoms with Crippen molar-refractivity contribution < 1.29 is 4.74 Å². The zero-order valence-electron chi connectivity index (χ0n) is 8.77. The zero-order valence-corrected chi connectivity index (χ0v) is 9.58. The van der Waals surface area contributed by atoms with E-state index in [2.05, 4.69) is 0 Å². The lowest BCUT2D eigenvalue weighted by Crippen LogP contribution is -2.25. The monoisotopic (exact) mass is 223 g/mol. The summed E-state index contributed by atoms with van der Waals surface area (Å²) in [6.07, 6.45) is 1.88. The number of methoxy groups -OCH3 is 1. The van der Waals surface area contributed by atoms with Crippen molar-refractivity contribution in [2.24, 2.45) is 0 Å². The average molecular weight is 223 g/mol. The Balaban J connectivity index is 2.44. The molecule has 2 rings (SSSR count). The molecule has 0 saturated heterocycles. The standard InChI is InChI=1S/C11H13NO2S/c1-8(14-2)7-12-5-3-10-9(11(12)13)4-6-15-10/h3-6,8H,7H2,1-2H3. The summed E-state index contributed by atoms with van der Waals surface area (Å²) in [5, 5.41) is 2.74. The minimum Gasteiger partial charge on any atom is -0.380 e. The van der Waals surface area contributed by atoms with Crippen LogP contribution in [0, 0.1) is 0 Å². The predicted molar refractivity (Wildman–Crippen MR) is 62.6 cm³/mol. The number of fused-ring (bicyclic) bond motifs is 1. The molecule has 1 unspecified atom stereocenters. The molecule has 0 aliphatic rings. The summed E-state index contributed by atoms with van der Waals surface area (Å²) in [6, 6.07) is 3.85. The van der Waals surface area contributed by atoms with E-state index in [1.807, 2.05) is 30.6 Å². The van der Waals surface area contributed by atoms with Gasteiger partial charge in [0.25, 0.3) is 5.56 Å². The normalized spacial score (nSPS) is 13.2. The Hall–Kier alpha value is -1.13. The maximum absolute atomic E-state index is 12.0. The molecule has 2 heterocycles. The molecule has 4 heteroatoms. The molecule has 2 aromatic heterocycles. The van der Waals surface area contributed by atoms with Gasteiger partial charge in [0.2, 0.25) is 0 Å². The summed E-state index contributed by atoms with van der Waals surface area (Å²) in [7, 11) is 1.65. The van der Waals surface area contributed by atoms with Gasteiger partial charge in [-0.25, -0.2) is 0 Å². The third-order valence-electron chi connectivity index (χ3n) is 2.45. The highest BCUT2D eigenvalue weighted by Crippen LogP contribution is 2.16. The van der Waals surface area contributed by atoms with Gasteiger partial charge in [-0.1, -0.05) is 0 Å². The molecule has 0 amide bonds. The van der Waals surface area contributed by atoms with E-state index >= 15 is 0 Å². The first-order chi connectivity index (χ1) is 7.22. The van der Waals surface area contributed by atoms with E-state index in [-0.39, 0.29) is 11.7 Å². The maximum atomic E-state index is 12.0. The minimum atomic E-state index is 0.0544. The Morgan fingerprint density at radius 1 is 1.53 bits per heavy atom. The van der Waals surface area contributed by atoms with Crippen molar-refractivity contribution in [2.75, 3.05) is 7.11 Å². The number of nitrogens with zero attached hydrogens (tertiary/aromatic N) is 1. The Morgan fingerprint density at radius 3 is 3.07 bits per heavy atom. The number of thiophene rings is 1. The van der Waals surface area contributed by atoms with E-state index in [1.165, 1.54) is 0 Å². The largest absolute Gasteiger partial charge is 0.380 e. The number of rotatable bonds is 3. The summed E-state index contributed by atoms with van der Waals surface area (Å²) in [5.41, 5.74) is 0.0673. The molecule has 0 aliphatic carbocycles. The first-order valence-corrected chi connectivity index (χ1v) is 5.70. The second-order valence-electron chi connectivity index (χ2n) is 3.52. The molecule has 0 radical (unpaired) electrons. The van der Waals surface area contributed by atoms with E-state index < -0.39 is 0 Å². The van der Waals surface area contributed by atoms with Crippen LogP contribution in [-0.2, 0) is 11.3 Å². The molecule has 1 atom stereocenters. The molecule has 0 N–H and O–H groups in total. The molecule has 2 aromatic rings. The van der Waals surface area contributed by atoms with E-state index in [0.717, 1.165) is 10.1 Å². The summed E-state index contributed by atoms with van der Waals surface area (Å²) in [5.74, 6) is 0. The number of hydrogen-bond acceptors (Lipinski definition) is 3. The van der Waals surface area contributed by atoms with Crippen molar-refractivity contribution in [3.8, 4) is 0 Å². The second kappa shape index (κ2) is 4.16. The minimum absolute atomic E-state index is 0.0544. The average Bonchev–Trinajstić information content (AvgIpc) is 2.70. The van der Waals surface area contributed by atoms with Gasteiger partial charge < -0.3 is 9.30 Å². The Morgan fingerprint density at radius 2 is 2.33 bits per heavy atom. The van der Waals surface area contributed by atoms with Crippen molar-refractivity contribution in [2.45, 2.75) is 19.6 Å². The van der Waals surface area contributed by atoms with Gasteiger partial charge in [0, 0.05) is 18.0 Å². The predicted octanol–water partition coefficient (Wildman–Crippen LogP) is 2.10. The highest BCUT2D eigenvalue weighted by Gasteiger charge is 2.06. The number of aromatic nitrogens is 1. The lowest BCUT2D eigenvalue weighted by molar-refractivity contribution is 0.102. The lowest BCUT2D eigenvalue weighted by Gasteiger charge is -2.11. The first kappa shape index (κ1) is 10.4. The van der Waals surface area contributed by atoms with Crippen LogP contribution in [0.25, 0.3) is 10.1 Å². The fraction of sp³-hybridized carbons (Fsp3) is 0.364. The van der Waals surface area contributed by atoms with Crippen LogP contribution in [0.2, 0.25) is 0 Å². The third-order valence-corrected chi connectivity index (χ3v) is 3.33. The van der Waals surface area contributed by atoms with Gasteiger partial charge >= 0.3 is 0 Å². The number of ether oxygens (including phenoxy) is 1. The summed E-state index contributed by atoms with van der Waals surface area (Å²) in [4.78, 5) is 12.0. The molecular formula is C11H13NO2S. The molecular weight excluding hydrogens is 210 g/mol. The molecule has 15 heavy (non-hydrogen) atoms. The van der Waals surface area contributed by atoms with Gasteiger partial charge in [-0.2, -0.15) is 0 Å². The van der Waals surface area contributed by atoms with Crippen LogP contribution in [-0.4, -0.2) is 17.8 Å². The van der Waals surface area contributed by atoms with Gasteiger partial charge in [-0.3, -0.25) is 4.79 Å². The molecule has 0 aliphatic heterocycles. The molecule has 0 saturated carbocycles. The van der Waals surface area contributed by atoms with E-state index in [9.17, 15) is 4.79 Å². The van der Waals surface area contributed by atoms with Crippen LogP contribution in [0.3, 0.4) is 0 Å². The van der Waals surface area contributed by atoms with Gasteiger partial charge in [-0.15, -0.1) is 11.3 Å². The fourth-order valence-corrected chi connectivity index (χ4v) is 2.27. The smallest absolute Gasteiger partial charge is 0.259 e. The number of pyridine rings is 1. The van der Waals surface area contributed by atoms with Gasteiger partial charge in [-0.05, 0) is 24.4 Å². The van der Waals surface area contributed by atoms with Crippen LogP contribution >= 0.6 is 11.3 Å². The van der Waals surface area contributed by atoms with E-state index in [4.69, 9.17) is 4.74 Å². The summed E-state index contributed by atoms with van der Waals surface area (Å²) < 4.78 is 7.89. The highest BCUT2D eigenvalue weighted by molar-refractivity contribution is 7.17. The maximum Gasteiger partial charge on any atom is 0.259 e. The summed E-state index contributed by atoms with van der Waals surface area (Å²) >= 11 is 1.59. The fourth-order valence-electron chi connectivity index (χ4n) is 1.50. The SMILES string of the molecule is COC(C)Cn1ccc2sccc2c1=O. The van der Waals surface area contributed by atoms with Gasteiger partial charge in [0.1, 0.15) is 0 Å². The topological polar surface area (TPSA) is 31.2 Å². The summed E-state index contributed by atoms with van der Waals surface area (Å²) in [6.45, 7) is 2.55. The molecule has 0 fully saturated rings. The highest BCUT2D eigenvalue weighted by atomic mass is 32.1. The van der Waals surface area contributed by atoms with Crippen molar-refractivity contribution in [1.29, 1.82) is 0 Å². The zero-order chi connectivity index (χ0) is 10.8. The Bertz CT molecular complexity index is 515. The Kier molecular flexibility index (Phi) is 2.88. The second-order valence-corrected chi connectivity index (χ2v) is 4.47. The van der Waals surface area contributed by atoms with Crippen LogP contribution in [0.5, 0.6) is 0 Å². The lowest BCUT2D eigenvalue weighted by atomic mass is 10.3. The van der Waals surface area contributed by atoms with Crippen LogP contribution in [0.15, 0.2) is 28.5 Å². The van der Waals surface area contributed by atoms with Crippen molar-refractivity contribution in [3.63, 3.8) is 0 Å². The van der Waals surface area contributed by atoms with Crippen molar-refractivity contribution in [1.82, 2.24) is 4.57 Å². The molecule has 0 spiro atoms. The van der Waals surface area contributed by atoms with Gasteiger partial charge in [0.15, 0.2) is 0 Å². The van der Waals surface area contributed by atoms with Crippen LogP contribution in [0.4, 0.5) is 0 Å². The van der Waals surface area contributed by atoms with Crippen LogP contribution in [0.1, 0.15) is 6.92 Å². The molecule has 80 valence electrons. The van der Waals surface area contributed by atoms with Gasteiger partial charge in [0.05, 0.1) is 18.0 Å². The quantitative estimate of drug-likeness (QED) is 0.798. The molecule has 0 aromatic carbocycles. The van der Waals surface area contributed by atoms with E-state index in [1.54, 1.807) is 23.0 Å². The van der Waals surface area contributed by atoms with Crippen molar-refractivity contribution >= 4 is 21.4 Å². The van der Waals surface area contributed by atoms with Crippen LogP contribution < -0.4 is 5.56 Å². The number of hydrogen-bond donors (Lipinski definition) is 0.